The maximum atomic E-state index is 13.3. The first-order chi connectivity index (χ1) is 16.5. The average Bonchev–Trinajstić information content (AvgIpc) is 3.46. The Hall–Kier alpha value is -4.54. The lowest BCUT2D eigenvalue weighted by atomic mass is 10.2. The number of pyridine rings is 1. The fraction of sp³-hybridized carbons (Fsp3) is 0.217. The Bertz CT molecular complexity index is 1560. The predicted molar refractivity (Wildman–Crippen MR) is 128 cm³/mol. The molecule has 0 atom stereocenters. The molecule has 0 aliphatic rings. The molecule has 0 saturated carbocycles. The molecule has 0 saturated heterocycles. The number of H-pyrrole nitrogens is 2. The van der Waals surface area contributed by atoms with E-state index in [1.807, 2.05) is 6.92 Å². The van der Waals surface area contributed by atoms with Gasteiger partial charge in [0.15, 0.2) is 17.3 Å². The molecule has 0 aliphatic carbocycles. The van der Waals surface area contributed by atoms with Gasteiger partial charge in [0.1, 0.15) is 22.6 Å². The van der Waals surface area contributed by atoms with Gasteiger partial charge in [0, 0.05) is 37.3 Å². The van der Waals surface area contributed by atoms with E-state index in [0.29, 0.717) is 63.2 Å². The quantitative estimate of drug-likeness (QED) is 0.373. The average molecular weight is 458 g/mol. The Balaban J connectivity index is 1.79. The minimum Gasteiger partial charge on any atom is -0.493 e. The van der Waals surface area contributed by atoms with Crippen LogP contribution in [0.4, 0.5) is 5.69 Å². The second kappa shape index (κ2) is 8.43. The molecule has 1 aromatic carbocycles. The fourth-order valence-electron chi connectivity index (χ4n) is 3.75. The van der Waals surface area contributed by atoms with Gasteiger partial charge in [0.2, 0.25) is 0 Å². The van der Waals surface area contributed by atoms with E-state index in [2.05, 4.69) is 30.0 Å². The van der Waals surface area contributed by atoms with E-state index in [9.17, 15) is 4.79 Å². The topological polar surface area (TPSA) is 136 Å². The summed E-state index contributed by atoms with van der Waals surface area (Å²) in [5.41, 5.74) is 3.26. The molecule has 34 heavy (non-hydrogen) atoms. The highest BCUT2D eigenvalue weighted by atomic mass is 16.5. The van der Waals surface area contributed by atoms with E-state index in [1.54, 1.807) is 62.6 Å². The molecule has 5 aromatic rings. The monoisotopic (exact) mass is 458 g/mol. The van der Waals surface area contributed by atoms with Crippen molar-refractivity contribution in [2.75, 3.05) is 14.2 Å². The molecular weight excluding hydrogens is 436 g/mol. The number of benzene rings is 1. The standard InChI is InChI=1S/C23H22N8O3/c1-5-31-11-15-19(30-31)20(26-12(2)21-24-7-6-8-25-21)18(23(32)29-15)22-27-13-9-16(33-3)17(34-4)10-14(13)28-22/h6-11H,5H2,1-4H3,(H,27,28)(H,29,32)/b26-12-. The van der Waals surface area contributed by atoms with Gasteiger partial charge in [-0.15, -0.1) is 0 Å². The lowest BCUT2D eigenvalue weighted by molar-refractivity contribution is 0.356. The third-order valence-corrected chi connectivity index (χ3v) is 5.41. The first-order valence-corrected chi connectivity index (χ1v) is 10.6. The highest BCUT2D eigenvalue weighted by Gasteiger charge is 2.21. The molecule has 4 heterocycles. The lowest BCUT2D eigenvalue weighted by Gasteiger charge is -2.06. The van der Waals surface area contributed by atoms with Gasteiger partial charge in [-0.1, -0.05) is 0 Å². The maximum Gasteiger partial charge on any atom is 0.261 e. The number of hydrogen-bond acceptors (Lipinski definition) is 8. The molecular formula is C23H22N8O3. The van der Waals surface area contributed by atoms with Crippen molar-refractivity contribution in [3.05, 3.63) is 53.0 Å². The van der Waals surface area contributed by atoms with Crippen LogP contribution in [0.25, 0.3) is 33.5 Å². The second-order valence-electron chi connectivity index (χ2n) is 7.50. The summed E-state index contributed by atoms with van der Waals surface area (Å²) < 4.78 is 12.5. The minimum absolute atomic E-state index is 0.262. The molecule has 0 aliphatic heterocycles. The molecule has 0 fully saturated rings. The van der Waals surface area contributed by atoms with Crippen LogP contribution in [0.5, 0.6) is 11.5 Å². The molecule has 4 aromatic heterocycles. The predicted octanol–water partition coefficient (Wildman–Crippen LogP) is 3.24. The summed E-state index contributed by atoms with van der Waals surface area (Å²) in [4.78, 5) is 37.4. The third kappa shape index (κ3) is 3.56. The van der Waals surface area contributed by atoms with E-state index >= 15 is 0 Å². The van der Waals surface area contributed by atoms with Crippen molar-refractivity contribution in [2.45, 2.75) is 20.4 Å². The molecule has 0 radical (unpaired) electrons. The normalized spacial score (nSPS) is 11.9. The van der Waals surface area contributed by atoms with Crippen LogP contribution in [0.2, 0.25) is 0 Å². The van der Waals surface area contributed by atoms with Crippen LogP contribution in [0.15, 0.2) is 46.6 Å². The van der Waals surface area contributed by atoms with E-state index in [0.717, 1.165) is 0 Å². The molecule has 172 valence electrons. The van der Waals surface area contributed by atoms with Crippen LogP contribution in [-0.2, 0) is 6.54 Å². The first-order valence-electron chi connectivity index (χ1n) is 10.6. The van der Waals surface area contributed by atoms with E-state index in [1.165, 1.54) is 0 Å². The molecule has 0 spiro atoms. The van der Waals surface area contributed by atoms with Crippen LogP contribution < -0.4 is 15.0 Å². The summed E-state index contributed by atoms with van der Waals surface area (Å²) >= 11 is 0. The number of aromatic amines is 2. The number of ether oxygens (including phenoxy) is 2. The maximum absolute atomic E-state index is 13.3. The summed E-state index contributed by atoms with van der Waals surface area (Å²) in [5, 5.41) is 4.63. The van der Waals surface area contributed by atoms with E-state index in [4.69, 9.17) is 14.5 Å². The van der Waals surface area contributed by atoms with Crippen LogP contribution in [-0.4, -0.2) is 54.6 Å². The van der Waals surface area contributed by atoms with Crippen molar-refractivity contribution >= 4 is 33.5 Å². The van der Waals surface area contributed by atoms with Gasteiger partial charge < -0.3 is 19.4 Å². The van der Waals surface area contributed by atoms with Crippen LogP contribution in [0.1, 0.15) is 19.7 Å². The largest absolute Gasteiger partial charge is 0.493 e. The van der Waals surface area contributed by atoms with Crippen molar-refractivity contribution < 1.29 is 9.47 Å². The Morgan fingerprint density at radius 2 is 1.82 bits per heavy atom. The zero-order chi connectivity index (χ0) is 23.8. The molecule has 0 unspecified atom stereocenters. The number of nitrogens with one attached hydrogen (secondary N) is 2. The highest BCUT2D eigenvalue weighted by molar-refractivity contribution is 6.03. The molecule has 2 N–H and O–H groups in total. The molecule has 0 bridgehead atoms. The van der Waals surface area contributed by atoms with Gasteiger partial charge in [-0.2, -0.15) is 5.10 Å². The van der Waals surface area contributed by atoms with Gasteiger partial charge in [-0.25, -0.2) is 19.9 Å². The van der Waals surface area contributed by atoms with Crippen LogP contribution in [0, 0.1) is 0 Å². The van der Waals surface area contributed by atoms with E-state index in [-0.39, 0.29) is 11.1 Å². The number of hydrogen-bond donors (Lipinski definition) is 2. The SMILES string of the molecule is CCn1cc2[nH]c(=O)c(-c3nc4cc(OC)c(OC)cc4[nH]3)c(/N=C(/C)c3ncccn3)c2n1. The number of aromatic nitrogens is 7. The number of aliphatic imine (C=N–C) groups is 1. The fourth-order valence-corrected chi connectivity index (χ4v) is 3.75. The Kier molecular flexibility index (Phi) is 5.28. The Labute approximate surface area is 193 Å². The Morgan fingerprint density at radius 1 is 1.09 bits per heavy atom. The number of nitrogens with zero attached hydrogens (tertiary/aromatic N) is 6. The van der Waals surface area contributed by atoms with Crippen molar-refractivity contribution in [1.29, 1.82) is 0 Å². The van der Waals surface area contributed by atoms with Gasteiger partial charge in [0.05, 0.1) is 36.5 Å². The second-order valence-corrected chi connectivity index (χ2v) is 7.50. The summed E-state index contributed by atoms with van der Waals surface area (Å²) in [6.45, 7) is 4.40. The van der Waals surface area contributed by atoms with Crippen molar-refractivity contribution in [2.24, 2.45) is 4.99 Å². The van der Waals surface area contributed by atoms with Crippen molar-refractivity contribution in [1.82, 2.24) is 34.7 Å². The smallest absolute Gasteiger partial charge is 0.261 e. The van der Waals surface area contributed by atoms with Crippen molar-refractivity contribution in [3.8, 4) is 22.9 Å². The number of fused-ring (bicyclic) bond motifs is 2. The van der Waals surface area contributed by atoms with E-state index < -0.39 is 0 Å². The zero-order valence-corrected chi connectivity index (χ0v) is 19.1. The third-order valence-electron chi connectivity index (χ3n) is 5.41. The van der Waals surface area contributed by atoms with Crippen LogP contribution in [0.3, 0.4) is 0 Å². The number of rotatable bonds is 6. The molecule has 11 nitrogen and oxygen atoms in total. The zero-order valence-electron chi connectivity index (χ0n) is 19.1. The molecule has 5 rings (SSSR count). The van der Waals surface area contributed by atoms with Gasteiger partial charge >= 0.3 is 0 Å². The highest BCUT2D eigenvalue weighted by Crippen LogP contribution is 2.35. The van der Waals surface area contributed by atoms with Crippen molar-refractivity contribution in [3.63, 3.8) is 0 Å². The van der Waals surface area contributed by atoms with Gasteiger partial charge in [0.25, 0.3) is 5.56 Å². The molecule has 0 amide bonds. The Morgan fingerprint density at radius 3 is 2.53 bits per heavy atom. The van der Waals surface area contributed by atoms with Gasteiger partial charge in [-0.3, -0.25) is 9.48 Å². The molecule has 11 heteroatoms. The number of methoxy groups -OCH3 is 2. The summed E-state index contributed by atoms with van der Waals surface area (Å²) in [5.74, 6) is 1.89. The van der Waals surface area contributed by atoms with Crippen LogP contribution >= 0.6 is 0 Å². The first kappa shape index (κ1) is 21.3. The summed E-state index contributed by atoms with van der Waals surface area (Å²) in [6, 6.07) is 5.25. The lowest BCUT2D eigenvalue weighted by Crippen LogP contribution is -2.11. The summed E-state index contributed by atoms with van der Waals surface area (Å²) in [7, 11) is 3.12. The number of aryl methyl sites for hydroxylation is 1. The minimum atomic E-state index is -0.346. The van der Waals surface area contributed by atoms with Gasteiger partial charge in [-0.05, 0) is 19.9 Å². The summed E-state index contributed by atoms with van der Waals surface area (Å²) in [6.07, 6.45) is 5.06. The number of imidazole rings is 1.